The van der Waals surface area contributed by atoms with E-state index in [0.717, 1.165) is 0 Å². The molecule has 2 aliphatic rings. The molecule has 2 atom stereocenters. The molecule has 0 aliphatic carbocycles. The number of fused-ring (bicyclic) bond motifs is 1. The van der Waals surface area contributed by atoms with Crippen molar-refractivity contribution >= 4 is 11.9 Å². The van der Waals surface area contributed by atoms with E-state index in [1.54, 1.807) is 32.0 Å². The quantitative estimate of drug-likeness (QED) is 0.743. The third-order valence-electron chi connectivity index (χ3n) is 3.52. The van der Waals surface area contributed by atoms with Crippen LogP contribution in [-0.2, 0) is 28.5 Å². The monoisotopic (exact) mass is 338 g/mol. The standard InChI is InChI=1S/C16H18O8/c1-3-19-14(17)12-13(15(18)20-4-2)24-16(23-12)9-5-6-10-11(7-9)22-8-21-10/h5-7,12-13,16H,3-4,8H2,1-2H3. The summed E-state index contributed by atoms with van der Waals surface area (Å²) < 4.78 is 31.7. The second kappa shape index (κ2) is 7.06. The summed E-state index contributed by atoms with van der Waals surface area (Å²) in [5.74, 6) is -0.176. The van der Waals surface area contributed by atoms with Crippen molar-refractivity contribution in [1.82, 2.24) is 0 Å². The Morgan fingerprint density at radius 1 is 1.00 bits per heavy atom. The predicted octanol–water partition coefficient (Wildman–Crippen LogP) is 1.32. The Hall–Kier alpha value is -2.32. The zero-order chi connectivity index (χ0) is 17.1. The Labute approximate surface area is 138 Å². The average molecular weight is 338 g/mol. The van der Waals surface area contributed by atoms with E-state index in [2.05, 4.69) is 0 Å². The molecule has 8 nitrogen and oxygen atoms in total. The van der Waals surface area contributed by atoms with Crippen LogP contribution in [0.1, 0.15) is 25.7 Å². The average Bonchev–Trinajstić information content (AvgIpc) is 3.21. The normalized spacial score (nSPS) is 24.7. The minimum atomic E-state index is -1.18. The van der Waals surface area contributed by atoms with Gasteiger partial charge in [-0.15, -0.1) is 0 Å². The summed E-state index contributed by atoms with van der Waals surface area (Å²) in [6, 6.07) is 5.11. The lowest BCUT2D eigenvalue weighted by molar-refractivity contribution is -0.163. The minimum Gasteiger partial charge on any atom is -0.464 e. The topological polar surface area (TPSA) is 89.5 Å². The van der Waals surface area contributed by atoms with Crippen LogP contribution in [0.2, 0.25) is 0 Å². The third-order valence-corrected chi connectivity index (χ3v) is 3.52. The Morgan fingerprint density at radius 3 is 2.17 bits per heavy atom. The van der Waals surface area contributed by atoms with E-state index < -0.39 is 30.4 Å². The number of esters is 2. The second-order valence-corrected chi connectivity index (χ2v) is 5.06. The van der Waals surface area contributed by atoms with Crippen molar-refractivity contribution in [2.75, 3.05) is 20.0 Å². The molecular formula is C16H18O8. The second-order valence-electron chi connectivity index (χ2n) is 5.06. The van der Waals surface area contributed by atoms with Gasteiger partial charge in [0, 0.05) is 5.56 Å². The van der Waals surface area contributed by atoms with Crippen molar-refractivity contribution in [1.29, 1.82) is 0 Å². The molecular weight excluding hydrogens is 320 g/mol. The molecule has 0 aromatic heterocycles. The van der Waals surface area contributed by atoms with E-state index in [9.17, 15) is 9.59 Å². The summed E-state index contributed by atoms with van der Waals surface area (Å²) in [5.41, 5.74) is 0.598. The summed E-state index contributed by atoms with van der Waals surface area (Å²) in [7, 11) is 0. The first-order valence-electron chi connectivity index (χ1n) is 7.67. The molecule has 0 spiro atoms. The molecule has 1 fully saturated rings. The van der Waals surface area contributed by atoms with Crippen LogP contribution in [0.4, 0.5) is 0 Å². The van der Waals surface area contributed by atoms with Gasteiger partial charge in [-0.1, -0.05) is 0 Å². The van der Waals surface area contributed by atoms with Gasteiger partial charge in [0.15, 0.2) is 30.0 Å². The van der Waals surface area contributed by atoms with Gasteiger partial charge in [0.25, 0.3) is 0 Å². The molecule has 1 aromatic rings. The maximum atomic E-state index is 12.0. The Balaban J connectivity index is 1.80. The van der Waals surface area contributed by atoms with Crippen LogP contribution < -0.4 is 9.47 Å². The molecule has 8 heteroatoms. The van der Waals surface area contributed by atoms with Crippen LogP contribution in [-0.4, -0.2) is 44.2 Å². The van der Waals surface area contributed by atoms with Crippen molar-refractivity contribution in [2.45, 2.75) is 32.3 Å². The van der Waals surface area contributed by atoms with Crippen molar-refractivity contribution in [3.8, 4) is 11.5 Å². The number of ether oxygens (including phenoxy) is 6. The molecule has 2 heterocycles. The summed E-state index contributed by atoms with van der Waals surface area (Å²) in [4.78, 5) is 24.1. The van der Waals surface area contributed by atoms with Crippen molar-refractivity contribution < 1.29 is 38.0 Å². The van der Waals surface area contributed by atoms with Crippen molar-refractivity contribution in [3.63, 3.8) is 0 Å². The van der Waals surface area contributed by atoms with E-state index >= 15 is 0 Å². The molecule has 24 heavy (non-hydrogen) atoms. The van der Waals surface area contributed by atoms with Gasteiger partial charge < -0.3 is 28.4 Å². The fourth-order valence-corrected chi connectivity index (χ4v) is 2.47. The van der Waals surface area contributed by atoms with Crippen molar-refractivity contribution in [2.24, 2.45) is 0 Å². The van der Waals surface area contributed by atoms with Gasteiger partial charge in [-0.25, -0.2) is 9.59 Å². The van der Waals surface area contributed by atoms with Gasteiger partial charge in [-0.2, -0.15) is 0 Å². The molecule has 1 saturated heterocycles. The highest BCUT2D eigenvalue weighted by Crippen LogP contribution is 2.38. The number of benzene rings is 1. The maximum Gasteiger partial charge on any atom is 0.338 e. The number of hydrogen-bond acceptors (Lipinski definition) is 8. The first-order valence-corrected chi connectivity index (χ1v) is 7.67. The lowest BCUT2D eigenvalue weighted by atomic mass is 10.2. The molecule has 130 valence electrons. The van der Waals surface area contributed by atoms with Crippen LogP contribution in [0.15, 0.2) is 18.2 Å². The summed E-state index contributed by atoms with van der Waals surface area (Å²) in [6.07, 6.45) is -3.28. The zero-order valence-corrected chi connectivity index (χ0v) is 13.4. The molecule has 2 unspecified atom stereocenters. The van der Waals surface area contributed by atoms with Gasteiger partial charge in [0.1, 0.15) is 0 Å². The number of hydrogen-bond donors (Lipinski definition) is 0. The summed E-state index contributed by atoms with van der Waals surface area (Å²) >= 11 is 0. The Bertz CT molecular complexity index is 603. The molecule has 0 bridgehead atoms. The Morgan fingerprint density at radius 2 is 1.58 bits per heavy atom. The van der Waals surface area contributed by atoms with Gasteiger partial charge >= 0.3 is 11.9 Å². The largest absolute Gasteiger partial charge is 0.464 e. The van der Waals surface area contributed by atoms with Gasteiger partial charge in [0.05, 0.1) is 13.2 Å². The highest BCUT2D eigenvalue weighted by Gasteiger charge is 2.47. The fourth-order valence-electron chi connectivity index (χ4n) is 2.47. The predicted molar refractivity (Wildman–Crippen MR) is 78.3 cm³/mol. The molecule has 0 N–H and O–H groups in total. The smallest absolute Gasteiger partial charge is 0.338 e. The SMILES string of the molecule is CCOC(=O)C1OC(c2ccc3c(c2)OCO3)OC1C(=O)OCC. The van der Waals surface area contributed by atoms with Crippen LogP contribution >= 0.6 is 0 Å². The highest BCUT2D eigenvalue weighted by molar-refractivity contribution is 5.86. The van der Waals surface area contributed by atoms with E-state index in [-0.39, 0.29) is 20.0 Å². The number of carbonyl (C=O) groups is 2. The molecule has 0 saturated carbocycles. The first kappa shape index (κ1) is 16.5. The minimum absolute atomic E-state index is 0.141. The third kappa shape index (κ3) is 3.15. The Kier molecular flexibility index (Phi) is 4.86. The van der Waals surface area contributed by atoms with E-state index in [4.69, 9.17) is 28.4 Å². The summed E-state index contributed by atoms with van der Waals surface area (Å²) in [6.45, 7) is 3.82. The molecule has 1 aromatic carbocycles. The van der Waals surface area contributed by atoms with Gasteiger partial charge in [-0.3, -0.25) is 0 Å². The van der Waals surface area contributed by atoms with E-state index in [1.165, 1.54) is 0 Å². The van der Waals surface area contributed by atoms with Crippen LogP contribution in [0.25, 0.3) is 0 Å². The highest BCUT2D eigenvalue weighted by atomic mass is 16.8. The lowest BCUT2D eigenvalue weighted by Crippen LogP contribution is -2.39. The number of rotatable bonds is 5. The maximum absolute atomic E-state index is 12.0. The lowest BCUT2D eigenvalue weighted by Gasteiger charge is -2.13. The van der Waals surface area contributed by atoms with Crippen LogP contribution in [0.5, 0.6) is 11.5 Å². The van der Waals surface area contributed by atoms with Crippen LogP contribution in [0, 0.1) is 0 Å². The van der Waals surface area contributed by atoms with Crippen molar-refractivity contribution in [3.05, 3.63) is 23.8 Å². The van der Waals surface area contributed by atoms with E-state index in [0.29, 0.717) is 17.1 Å². The zero-order valence-electron chi connectivity index (χ0n) is 13.4. The molecule has 3 rings (SSSR count). The number of carbonyl (C=O) groups excluding carboxylic acids is 2. The van der Waals surface area contributed by atoms with Crippen LogP contribution in [0.3, 0.4) is 0 Å². The fraction of sp³-hybridized carbons (Fsp3) is 0.500. The molecule has 0 radical (unpaired) electrons. The van der Waals surface area contributed by atoms with Gasteiger partial charge in [-0.05, 0) is 32.0 Å². The molecule has 0 amide bonds. The summed E-state index contributed by atoms with van der Waals surface area (Å²) in [5, 5.41) is 0. The first-order chi connectivity index (χ1) is 11.6. The van der Waals surface area contributed by atoms with E-state index in [1.807, 2.05) is 0 Å². The van der Waals surface area contributed by atoms with Gasteiger partial charge in [0.2, 0.25) is 6.79 Å². The molecule has 2 aliphatic heterocycles.